The molecule has 2 atom stereocenters. The van der Waals surface area contributed by atoms with Gasteiger partial charge in [0, 0.05) is 6.42 Å². The van der Waals surface area contributed by atoms with E-state index in [4.69, 9.17) is 9.47 Å². The van der Waals surface area contributed by atoms with Crippen LogP contribution in [-0.4, -0.2) is 25.1 Å². The molecule has 4 heteroatoms. The molecule has 1 aromatic rings. The molecular weight excluding hydrogens is 266 g/mol. The van der Waals surface area contributed by atoms with Crippen LogP contribution in [0.2, 0.25) is 0 Å². The van der Waals surface area contributed by atoms with Crippen LogP contribution >= 0.6 is 0 Å². The summed E-state index contributed by atoms with van der Waals surface area (Å²) in [5, 5.41) is 0. The number of esters is 1. The first-order valence-corrected chi connectivity index (χ1v) is 7.06. The van der Waals surface area contributed by atoms with E-state index in [1.807, 2.05) is 44.2 Å². The maximum absolute atomic E-state index is 12.7. The topological polar surface area (TPSA) is 47.9 Å². The van der Waals surface area contributed by atoms with Gasteiger partial charge in [-0.1, -0.05) is 50.3 Å². The molecule has 2 rings (SSSR count). The first-order chi connectivity index (χ1) is 10.0. The maximum atomic E-state index is 12.7. The van der Waals surface area contributed by atoms with Crippen LogP contribution in [0.3, 0.4) is 0 Å². The van der Waals surface area contributed by atoms with Gasteiger partial charge in [-0.3, -0.25) is 0 Å². The minimum absolute atomic E-state index is 0.102. The summed E-state index contributed by atoms with van der Waals surface area (Å²) in [6.07, 6.45) is 1.61. The average Bonchev–Trinajstić information content (AvgIpc) is 2.49. The molecule has 0 spiro atoms. The van der Waals surface area contributed by atoms with Crippen LogP contribution in [0, 0.1) is 5.92 Å². The number of hydrogen-bond donors (Lipinski definition) is 0. The van der Waals surface area contributed by atoms with Crippen molar-refractivity contribution in [3.63, 3.8) is 0 Å². The van der Waals surface area contributed by atoms with Crippen LogP contribution in [0.15, 0.2) is 48.0 Å². The highest BCUT2D eigenvalue weighted by atomic mass is 16.6. The molecule has 1 aromatic carbocycles. The molecule has 0 saturated carbocycles. The SMILES string of the molecule is C=CC[C@]1(c2ccccc2)N=C(OC)[C@H](C(C)C)OC1=O. The van der Waals surface area contributed by atoms with Crippen molar-refractivity contribution in [3.8, 4) is 0 Å². The van der Waals surface area contributed by atoms with E-state index < -0.39 is 11.6 Å². The van der Waals surface area contributed by atoms with Crippen molar-refractivity contribution >= 4 is 11.9 Å². The van der Waals surface area contributed by atoms with Gasteiger partial charge in [0.25, 0.3) is 0 Å². The number of cyclic esters (lactones) is 1. The summed E-state index contributed by atoms with van der Waals surface area (Å²) < 4.78 is 11.0. The van der Waals surface area contributed by atoms with E-state index in [9.17, 15) is 4.79 Å². The fourth-order valence-corrected chi connectivity index (χ4v) is 2.50. The lowest BCUT2D eigenvalue weighted by Gasteiger charge is -2.36. The van der Waals surface area contributed by atoms with Crippen LogP contribution in [0.5, 0.6) is 0 Å². The van der Waals surface area contributed by atoms with E-state index >= 15 is 0 Å². The number of methoxy groups -OCH3 is 1. The number of carbonyl (C=O) groups is 1. The molecule has 0 amide bonds. The lowest BCUT2D eigenvalue weighted by molar-refractivity contribution is -0.157. The lowest BCUT2D eigenvalue weighted by atomic mass is 9.85. The van der Waals surface area contributed by atoms with E-state index in [0.717, 1.165) is 5.56 Å². The van der Waals surface area contributed by atoms with Gasteiger partial charge in [-0.15, -0.1) is 6.58 Å². The van der Waals surface area contributed by atoms with Gasteiger partial charge >= 0.3 is 5.97 Å². The molecule has 0 radical (unpaired) electrons. The third kappa shape index (κ3) is 2.71. The van der Waals surface area contributed by atoms with Crippen molar-refractivity contribution in [2.45, 2.75) is 31.9 Å². The number of benzene rings is 1. The number of aliphatic imine (C=N–C) groups is 1. The largest absolute Gasteiger partial charge is 0.482 e. The summed E-state index contributed by atoms with van der Waals surface area (Å²) in [5.74, 6) is 0.202. The van der Waals surface area contributed by atoms with Gasteiger partial charge < -0.3 is 9.47 Å². The lowest BCUT2D eigenvalue weighted by Crippen LogP contribution is -2.48. The smallest absolute Gasteiger partial charge is 0.339 e. The predicted octanol–water partition coefficient (Wildman–Crippen LogP) is 3.08. The molecule has 4 nitrogen and oxygen atoms in total. The minimum Gasteiger partial charge on any atom is -0.482 e. The molecule has 112 valence electrons. The third-order valence-corrected chi connectivity index (χ3v) is 3.62. The van der Waals surface area contributed by atoms with E-state index in [-0.39, 0.29) is 11.9 Å². The van der Waals surface area contributed by atoms with Crippen LogP contribution in [-0.2, 0) is 19.8 Å². The summed E-state index contributed by atoms with van der Waals surface area (Å²) in [6, 6.07) is 9.40. The van der Waals surface area contributed by atoms with Gasteiger partial charge in [0.1, 0.15) is 0 Å². The highest BCUT2D eigenvalue weighted by Crippen LogP contribution is 2.36. The first kappa shape index (κ1) is 15.3. The Morgan fingerprint density at radius 1 is 1.43 bits per heavy atom. The van der Waals surface area contributed by atoms with Crippen molar-refractivity contribution < 1.29 is 14.3 Å². The van der Waals surface area contributed by atoms with Gasteiger partial charge in [-0.2, -0.15) is 0 Å². The Morgan fingerprint density at radius 3 is 2.62 bits per heavy atom. The van der Waals surface area contributed by atoms with Crippen LogP contribution in [0.1, 0.15) is 25.8 Å². The summed E-state index contributed by atoms with van der Waals surface area (Å²) in [7, 11) is 1.55. The molecule has 0 aromatic heterocycles. The molecule has 1 aliphatic rings. The van der Waals surface area contributed by atoms with Gasteiger partial charge in [-0.25, -0.2) is 9.79 Å². The van der Waals surface area contributed by atoms with Gasteiger partial charge in [-0.05, 0) is 11.5 Å². The average molecular weight is 287 g/mol. The Hall–Kier alpha value is -2.10. The Bertz CT molecular complexity index is 550. The van der Waals surface area contributed by atoms with Gasteiger partial charge in [0.05, 0.1) is 7.11 Å². The molecule has 0 unspecified atom stereocenters. The van der Waals surface area contributed by atoms with Gasteiger partial charge in [0.15, 0.2) is 11.6 Å². The molecule has 0 saturated heterocycles. The molecule has 1 heterocycles. The van der Waals surface area contributed by atoms with Crippen LogP contribution in [0.25, 0.3) is 0 Å². The van der Waals surface area contributed by atoms with Crippen LogP contribution < -0.4 is 0 Å². The highest BCUT2D eigenvalue weighted by molar-refractivity contribution is 5.94. The quantitative estimate of drug-likeness (QED) is 0.631. The van der Waals surface area contributed by atoms with E-state index in [1.54, 1.807) is 13.2 Å². The molecule has 21 heavy (non-hydrogen) atoms. The minimum atomic E-state index is -1.10. The Balaban J connectivity index is 2.57. The summed E-state index contributed by atoms with van der Waals surface area (Å²) in [5.41, 5.74) is -0.314. The number of nitrogens with zero attached hydrogens (tertiary/aromatic N) is 1. The van der Waals surface area contributed by atoms with Gasteiger partial charge in [0.2, 0.25) is 5.90 Å². The fraction of sp³-hybridized carbons (Fsp3) is 0.412. The molecule has 0 bridgehead atoms. The van der Waals surface area contributed by atoms with E-state index in [1.165, 1.54) is 0 Å². The molecule has 1 aliphatic heterocycles. The maximum Gasteiger partial charge on any atom is 0.339 e. The molecular formula is C17H21NO3. The number of ether oxygens (including phenoxy) is 2. The van der Waals surface area contributed by atoms with E-state index in [0.29, 0.717) is 12.3 Å². The van der Waals surface area contributed by atoms with Crippen molar-refractivity contribution in [3.05, 3.63) is 48.6 Å². The van der Waals surface area contributed by atoms with E-state index in [2.05, 4.69) is 11.6 Å². The number of carbonyl (C=O) groups excluding carboxylic acids is 1. The highest BCUT2D eigenvalue weighted by Gasteiger charge is 2.47. The second-order valence-electron chi connectivity index (χ2n) is 5.44. The Labute approximate surface area is 125 Å². The third-order valence-electron chi connectivity index (χ3n) is 3.62. The Kier molecular flexibility index (Phi) is 4.46. The van der Waals surface area contributed by atoms with Crippen molar-refractivity contribution in [2.75, 3.05) is 7.11 Å². The normalized spacial score (nSPS) is 25.2. The first-order valence-electron chi connectivity index (χ1n) is 7.06. The zero-order valence-electron chi connectivity index (χ0n) is 12.7. The summed E-state index contributed by atoms with van der Waals surface area (Å²) in [4.78, 5) is 17.3. The zero-order valence-corrected chi connectivity index (χ0v) is 12.7. The molecule has 0 aliphatic carbocycles. The van der Waals surface area contributed by atoms with Crippen LogP contribution in [0.4, 0.5) is 0 Å². The van der Waals surface area contributed by atoms with Crippen molar-refractivity contribution in [1.82, 2.24) is 0 Å². The van der Waals surface area contributed by atoms with Crippen molar-refractivity contribution in [2.24, 2.45) is 10.9 Å². The van der Waals surface area contributed by atoms with Crippen molar-refractivity contribution in [1.29, 1.82) is 0 Å². The number of hydrogen-bond acceptors (Lipinski definition) is 4. The molecule has 0 N–H and O–H groups in total. The Morgan fingerprint density at radius 2 is 2.10 bits per heavy atom. The summed E-state index contributed by atoms with van der Waals surface area (Å²) >= 11 is 0. The summed E-state index contributed by atoms with van der Waals surface area (Å²) in [6.45, 7) is 7.68. The molecule has 0 fully saturated rings. The predicted molar refractivity (Wildman–Crippen MR) is 82.1 cm³/mol. The second-order valence-corrected chi connectivity index (χ2v) is 5.44. The fourth-order valence-electron chi connectivity index (χ4n) is 2.50. The monoisotopic (exact) mass is 287 g/mol. The second kappa shape index (κ2) is 6.12. The standard InChI is InChI=1S/C17H21NO3/c1-5-11-17(13-9-7-6-8-10-13)16(19)21-14(12(2)3)15(18-17)20-4/h5-10,12,14H,1,11H2,2-4H3/t14-,17+/m0/s1. The zero-order chi connectivity index (χ0) is 15.5. The number of rotatable bonds is 4.